The smallest absolute Gasteiger partial charge is 0.358 e. The first kappa shape index (κ1) is 24.9. The van der Waals surface area contributed by atoms with E-state index >= 15 is 0 Å². The van der Waals surface area contributed by atoms with Crippen molar-refractivity contribution < 1.29 is 38.6 Å². The van der Waals surface area contributed by atoms with Crippen molar-refractivity contribution in [2.45, 2.75) is 18.0 Å². The van der Waals surface area contributed by atoms with E-state index in [2.05, 4.69) is 5.32 Å². The van der Waals surface area contributed by atoms with Crippen LogP contribution in [-0.4, -0.2) is 63.6 Å². The highest BCUT2D eigenvalue weighted by atomic mass is 32.2. The number of nitro groups is 1. The van der Waals surface area contributed by atoms with Gasteiger partial charge in [0.25, 0.3) is 17.5 Å². The topological polar surface area (TPSA) is 158 Å². The summed E-state index contributed by atoms with van der Waals surface area (Å²) in [7, 11) is 1.54. The second-order valence-electron chi connectivity index (χ2n) is 7.71. The number of hydrogen-bond acceptors (Lipinski definition) is 10. The normalized spacial score (nSPS) is 18.6. The third-order valence-electron chi connectivity index (χ3n) is 5.40. The predicted octanol–water partition coefficient (Wildman–Crippen LogP) is 1.90. The molecule has 0 radical (unpaired) electrons. The van der Waals surface area contributed by atoms with Crippen molar-refractivity contribution in [3.8, 4) is 11.5 Å². The molecule has 0 aliphatic carbocycles. The molecule has 2 aromatic carbocycles. The van der Waals surface area contributed by atoms with Gasteiger partial charge in [-0.15, -0.1) is 11.8 Å². The Hall–Kier alpha value is -4.26. The van der Waals surface area contributed by atoms with Gasteiger partial charge in [0.05, 0.1) is 17.8 Å². The molecule has 0 saturated carbocycles. The molecule has 2 N–H and O–H groups in total. The number of methoxy groups -OCH3 is 1. The number of esters is 1. The predicted molar refractivity (Wildman–Crippen MR) is 126 cm³/mol. The molecular weight excluding hydrogens is 494 g/mol. The Morgan fingerprint density at radius 3 is 2.47 bits per heavy atom. The number of aliphatic hydroxyl groups excluding tert-OH is 1. The standard InChI is InChI=1S/C23H21N3O9S/c1-33-15-6-2-13(3-7-15)10-35-23(30)20-17(27)12-36-22-19(21(29)25(20)22)24-18(28)11-34-16-8-4-14(5-9-16)26(31)32/h2-9,19,22,27H,10-12H2,1H3,(H,24,28)/t19?,22-/m0/s1. The third-order valence-corrected chi connectivity index (χ3v) is 6.67. The van der Waals surface area contributed by atoms with Crippen LogP contribution in [0.4, 0.5) is 5.69 Å². The lowest BCUT2D eigenvalue weighted by atomic mass is 10.0. The molecule has 2 heterocycles. The number of hydrogen-bond donors (Lipinski definition) is 2. The van der Waals surface area contributed by atoms with Crippen LogP contribution in [0.3, 0.4) is 0 Å². The van der Waals surface area contributed by atoms with E-state index in [1.165, 1.54) is 43.1 Å². The van der Waals surface area contributed by atoms with E-state index in [-0.39, 0.29) is 35.3 Å². The van der Waals surface area contributed by atoms with Gasteiger partial charge >= 0.3 is 5.97 Å². The third kappa shape index (κ3) is 5.20. The van der Waals surface area contributed by atoms with Crippen LogP contribution < -0.4 is 14.8 Å². The van der Waals surface area contributed by atoms with Crippen LogP contribution in [-0.2, 0) is 25.7 Å². The molecule has 1 saturated heterocycles. The first-order chi connectivity index (χ1) is 17.3. The highest BCUT2D eigenvalue weighted by molar-refractivity contribution is 8.00. The molecule has 188 valence electrons. The highest BCUT2D eigenvalue weighted by Gasteiger charge is 2.54. The van der Waals surface area contributed by atoms with Crippen molar-refractivity contribution in [3.05, 3.63) is 75.7 Å². The van der Waals surface area contributed by atoms with Gasteiger partial charge in [0, 0.05) is 12.1 Å². The van der Waals surface area contributed by atoms with Gasteiger partial charge in [-0.25, -0.2) is 4.79 Å². The zero-order valence-electron chi connectivity index (χ0n) is 18.9. The van der Waals surface area contributed by atoms with Crippen LogP contribution in [0.15, 0.2) is 60.0 Å². The van der Waals surface area contributed by atoms with Crippen molar-refractivity contribution in [3.63, 3.8) is 0 Å². The van der Waals surface area contributed by atoms with Crippen LogP contribution >= 0.6 is 11.8 Å². The number of amides is 2. The summed E-state index contributed by atoms with van der Waals surface area (Å²) in [5.41, 5.74) is 0.333. The zero-order valence-corrected chi connectivity index (χ0v) is 19.7. The van der Waals surface area contributed by atoms with Crippen molar-refractivity contribution in [1.29, 1.82) is 0 Å². The van der Waals surface area contributed by atoms with Gasteiger partial charge in [0.15, 0.2) is 12.3 Å². The number of carbonyl (C=O) groups is 3. The number of benzene rings is 2. The van der Waals surface area contributed by atoms with Crippen LogP contribution in [0.25, 0.3) is 0 Å². The summed E-state index contributed by atoms with van der Waals surface area (Å²) in [6, 6.07) is 11.2. The number of non-ortho nitro benzene ring substituents is 1. The number of thioether (sulfide) groups is 1. The van der Waals surface area contributed by atoms with Crippen LogP contribution in [0.5, 0.6) is 11.5 Å². The first-order valence-electron chi connectivity index (χ1n) is 10.6. The quantitative estimate of drug-likeness (QED) is 0.219. The minimum Gasteiger partial charge on any atom is -0.509 e. The highest BCUT2D eigenvalue weighted by Crippen LogP contribution is 2.40. The number of aliphatic hydroxyl groups is 1. The molecule has 2 amide bonds. The Morgan fingerprint density at radius 2 is 1.83 bits per heavy atom. The van der Waals surface area contributed by atoms with E-state index in [1.54, 1.807) is 24.3 Å². The van der Waals surface area contributed by atoms with Gasteiger partial charge in [-0.1, -0.05) is 12.1 Å². The van der Waals surface area contributed by atoms with Gasteiger partial charge < -0.3 is 24.6 Å². The number of nitrogens with zero attached hydrogens (tertiary/aromatic N) is 2. The second-order valence-corrected chi connectivity index (χ2v) is 8.82. The molecule has 2 atom stereocenters. The number of fused-ring (bicyclic) bond motifs is 1. The SMILES string of the molecule is COc1ccc(COC(=O)C2=C(O)CS[C@H]3C(NC(=O)COc4ccc([N+](=O)[O-])cc4)C(=O)N23)cc1. The zero-order chi connectivity index (χ0) is 25.8. The Balaban J connectivity index is 1.31. The average Bonchev–Trinajstić information content (AvgIpc) is 2.89. The number of rotatable bonds is 9. The fourth-order valence-electron chi connectivity index (χ4n) is 3.56. The molecule has 0 aromatic heterocycles. The summed E-state index contributed by atoms with van der Waals surface area (Å²) < 4.78 is 15.7. The van der Waals surface area contributed by atoms with Crippen LogP contribution in [0.1, 0.15) is 5.56 Å². The molecule has 0 spiro atoms. The van der Waals surface area contributed by atoms with Crippen molar-refractivity contribution in [2.75, 3.05) is 19.5 Å². The summed E-state index contributed by atoms with van der Waals surface area (Å²) in [6.07, 6.45) is 0. The van der Waals surface area contributed by atoms with Crippen LogP contribution in [0, 0.1) is 10.1 Å². The molecule has 4 rings (SSSR count). The van der Waals surface area contributed by atoms with Gasteiger partial charge in [-0.3, -0.25) is 24.6 Å². The number of β-lactam (4-membered cyclic amide) rings is 1. The molecule has 0 bridgehead atoms. The lowest BCUT2D eigenvalue weighted by Crippen LogP contribution is -2.70. The molecule has 2 aromatic rings. The maximum absolute atomic E-state index is 12.7. The van der Waals surface area contributed by atoms with Gasteiger partial charge in [-0.05, 0) is 29.8 Å². The summed E-state index contributed by atoms with van der Waals surface area (Å²) >= 11 is 1.19. The molecular formula is C23H21N3O9S. The summed E-state index contributed by atoms with van der Waals surface area (Å²) in [5.74, 6) is -1.33. The maximum Gasteiger partial charge on any atom is 0.358 e. The van der Waals surface area contributed by atoms with Gasteiger partial charge in [-0.2, -0.15) is 0 Å². The number of nitro benzene ring substituents is 1. The van der Waals surface area contributed by atoms with Crippen molar-refractivity contribution >= 4 is 35.2 Å². The lowest BCUT2D eigenvalue weighted by Gasteiger charge is -2.48. The Morgan fingerprint density at radius 1 is 1.17 bits per heavy atom. The van der Waals surface area contributed by atoms with E-state index in [1.807, 2.05) is 0 Å². The van der Waals surface area contributed by atoms with Crippen LogP contribution in [0.2, 0.25) is 0 Å². The van der Waals surface area contributed by atoms with Gasteiger partial charge in [0.2, 0.25) is 0 Å². The number of ether oxygens (including phenoxy) is 3. The van der Waals surface area contributed by atoms with E-state index in [0.29, 0.717) is 11.3 Å². The monoisotopic (exact) mass is 515 g/mol. The van der Waals surface area contributed by atoms with E-state index in [4.69, 9.17) is 14.2 Å². The second kappa shape index (κ2) is 10.6. The Labute approximate surface area is 209 Å². The number of nitrogens with one attached hydrogen (secondary N) is 1. The van der Waals surface area contributed by atoms with Gasteiger partial charge in [0.1, 0.15) is 35.3 Å². The Bertz CT molecular complexity index is 1210. The molecule has 1 fully saturated rings. The minimum atomic E-state index is -0.916. The van der Waals surface area contributed by atoms with E-state index < -0.39 is 40.7 Å². The summed E-state index contributed by atoms with van der Waals surface area (Å²) in [5, 5.41) is 22.9. The molecule has 1 unspecified atom stereocenters. The Kier molecular flexibility index (Phi) is 7.29. The molecule has 13 heteroatoms. The molecule has 12 nitrogen and oxygen atoms in total. The lowest BCUT2D eigenvalue weighted by molar-refractivity contribution is -0.384. The molecule has 2 aliphatic heterocycles. The fourth-order valence-corrected chi connectivity index (χ4v) is 4.76. The largest absolute Gasteiger partial charge is 0.509 e. The molecule has 2 aliphatic rings. The first-order valence-corrected chi connectivity index (χ1v) is 11.7. The van der Waals surface area contributed by atoms with E-state index in [0.717, 1.165) is 4.90 Å². The minimum absolute atomic E-state index is 0.0626. The average molecular weight is 516 g/mol. The van der Waals surface area contributed by atoms with E-state index in [9.17, 15) is 29.6 Å². The maximum atomic E-state index is 12.7. The summed E-state index contributed by atoms with van der Waals surface area (Å²) in [4.78, 5) is 49.0. The fraction of sp³-hybridized carbons (Fsp3) is 0.261. The summed E-state index contributed by atoms with van der Waals surface area (Å²) in [6.45, 7) is -0.490. The van der Waals surface area contributed by atoms with Crippen molar-refractivity contribution in [1.82, 2.24) is 10.2 Å². The molecule has 36 heavy (non-hydrogen) atoms. The number of carbonyl (C=O) groups excluding carboxylic acids is 3. The van der Waals surface area contributed by atoms with Crippen molar-refractivity contribution in [2.24, 2.45) is 0 Å².